The minimum absolute atomic E-state index is 0.00369. The van der Waals surface area contributed by atoms with E-state index in [9.17, 15) is 19.5 Å². The molecule has 3 atom stereocenters. The normalized spacial score (nSPS) is 26.5. The van der Waals surface area contributed by atoms with Gasteiger partial charge in [0.25, 0.3) is 0 Å². The Bertz CT molecular complexity index is 865. The summed E-state index contributed by atoms with van der Waals surface area (Å²) in [5.74, 6) is -1.50. The van der Waals surface area contributed by atoms with Crippen LogP contribution in [-0.4, -0.2) is 54.7 Å². The van der Waals surface area contributed by atoms with Crippen LogP contribution < -0.4 is 15.8 Å². The fourth-order valence-corrected chi connectivity index (χ4v) is 4.96. The van der Waals surface area contributed by atoms with Gasteiger partial charge >= 0.3 is 5.97 Å². The lowest BCUT2D eigenvalue weighted by Crippen LogP contribution is -2.45. The predicted octanol–water partition coefficient (Wildman–Crippen LogP) is 3.35. The van der Waals surface area contributed by atoms with Crippen LogP contribution in [-0.2, 0) is 25.5 Å². The topological polar surface area (TPSA) is 128 Å². The Morgan fingerprint density at radius 3 is 2.47 bits per heavy atom. The van der Waals surface area contributed by atoms with Gasteiger partial charge in [0.2, 0.25) is 5.91 Å². The summed E-state index contributed by atoms with van der Waals surface area (Å²) in [4.78, 5) is 38.2. The van der Waals surface area contributed by atoms with Gasteiger partial charge in [-0.1, -0.05) is 26.0 Å². The van der Waals surface area contributed by atoms with Gasteiger partial charge < -0.3 is 25.6 Å². The summed E-state index contributed by atoms with van der Waals surface area (Å²) in [5, 5.41) is 12.8. The van der Waals surface area contributed by atoms with E-state index in [0.717, 1.165) is 37.0 Å². The molecule has 2 bridgehead atoms. The second-order valence-corrected chi connectivity index (χ2v) is 10.8. The Hall–Kier alpha value is -2.45. The van der Waals surface area contributed by atoms with Crippen LogP contribution in [0.3, 0.4) is 0 Å². The van der Waals surface area contributed by atoms with E-state index in [1.54, 1.807) is 0 Å². The van der Waals surface area contributed by atoms with E-state index < -0.39 is 17.8 Å². The summed E-state index contributed by atoms with van der Waals surface area (Å²) >= 11 is 0. The highest BCUT2D eigenvalue weighted by Crippen LogP contribution is 2.33. The number of nitrogens with one attached hydrogen (secondary N) is 1. The molecule has 0 spiro atoms. The molecule has 2 aliphatic heterocycles. The van der Waals surface area contributed by atoms with Crippen molar-refractivity contribution in [1.29, 1.82) is 0 Å². The molecule has 0 unspecified atom stereocenters. The van der Waals surface area contributed by atoms with Gasteiger partial charge in [0.15, 0.2) is 0 Å². The highest BCUT2D eigenvalue weighted by molar-refractivity contribution is 5.89. The van der Waals surface area contributed by atoms with E-state index in [1.165, 1.54) is 0 Å². The number of fused-ring (bicyclic) bond motifs is 13. The van der Waals surface area contributed by atoms with E-state index in [0.29, 0.717) is 32.7 Å². The number of ether oxygens (including phenoxy) is 2. The molecular weight excluding hydrogens is 460 g/mol. The fourth-order valence-electron chi connectivity index (χ4n) is 4.96. The Balaban J connectivity index is 1.71. The van der Waals surface area contributed by atoms with E-state index in [1.807, 2.05) is 38.1 Å². The van der Waals surface area contributed by atoms with E-state index >= 15 is 0 Å². The van der Waals surface area contributed by atoms with Gasteiger partial charge in [-0.05, 0) is 68.1 Å². The van der Waals surface area contributed by atoms with Gasteiger partial charge in [-0.15, -0.1) is 0 Å². The smallest absolute Gasteiger partial charge is 0.306 e. The average Bonchev–Trinajstić information content (AvgIpc) is 2.80. The van der Waals surface area contributed by atoms with Crippen molar-refractivity contribution in [2.75, 3.05) is 19.8 Å². The summed E-state index contributed by atoms with van der Waals surface area (Å²) in [6.07, 6.45) is 4.15. The lowest BCUT2D eigenvalue weighted by Gasteiger charge is -2.34. The predicted molar refractivity (Wildman–Crippen MR) is 137 cm³/mol. The second-order valence-electron chi connectivity index (χ2n) is 10.8. The monoisotopic (exact) mass is 502 g/mol. The zero-order valence-electron chi connectivity index (χ0n) is 21.6. The van der Waals surface area contributed by atoms with Crippen LogP contribution in [0.25, 0.3) is 0 Å². The van der Waals surface area contributed by atoms with Gasteiger partial charge in [-0.2, -0.15) is 0 Å². The van der Waals surface area contributed by atoms with Crippen molar-refractivity contribution in [2.45, 2.75) is 77.3 Å². The zero-order valence-corrected chi connectivity index (χ0v) is 21.6. The van der Waals surface area contributed by atoms with Crippen molar-refractivity contribution < 1.29 is 29.0 Å². The number of rotatable bonds is 8. The quantitative estimate of drug-likeness (QED) is 0.497. The maximum Gasteiger partial charge on any atom is 0.306 e. The van der Waals surface area contributed by atoms with Crippen LogP contribution in [0.5, 0.6) is 5.75 Å². The number of carboxylic acids is 1. The molecule has 2 heterocycles. The third kappa shape index (κ3) is 8.89. The number of carboxylic acid groups (broad SMARTS) is 1. The molecule has 4 rings (SSSR count). The zero-order chi connectivity index (χ0) is 26.1. The van der Waals surface area contributed by atoms with Crippen LogP contribution in [0.4, 0.5) is 0 Å². The number of nitrogens with two attached hydrogens (primary N) is 1. The molecule has 8 heteroatoms. The summed E-state index contributed by atoms with van der Waals surface area (Å²) in [6.45, 7) is 5.67. The highest BCUT2D eigenvalue weighted by atomic mass is 16.5. The van der Waals surface area contributed by atoms with E-state index in [2.05, 4.69) is 5.32 Å². The second kappa shape index (κ2) is 13.7. The maximum atomic E-state index is 13.4. The SMILES string of the molecule is CC(C)[C@H]1COCCCCOc2ccc(cc2)C[C@@H](CC(=O)C[C@@H](CC2CC(N)C2)C(=O)O)C(=O)N1. The molecule has 1 saturated carbocycles. The molecule has 1 amide bonds. The molecule has 3 aliphatic rings. The van der Waals surface area contributed by atoms with Crippen molar-refractivity contribution in [3.8, 4) is 5.75 Å². The van der Waals surface area contributed by atoms with Gasteiger partial charge in [-0.3, -0.25) is 14.4 Å². The lowest BCUT2D eigenvalue weighted by molar-refractivity contribution is -0.145. The molecule has 200 valence electrons. The lowest BCUT2D eigenvalue weighted by atomic mass is 9.74. The number of hydrogen-bond acceptors (Lipinski definition) is 6. The van der Waals surface area contributed by atoms with Crippen LogP contribution in [0.2, 0.25) is 0 Å². The largest absolute Gasteiger partial charge is 0.494 e. The van der Waals surface area contributed by atoms with Crippen LogP contribution >= 0.6 is 0 Å². The van der Waals surface area contributed by atoms with Gasteiger partial charge in [0, 0.05) is 31.4 Å². The maximum absolute atomic E-state index is 13.4. The number of carbonyl (C=O) groups is 3. The van der Waals surface area contributed by atoms with Gasteiger partial charge in [-0.25, -0.2) is 0 Å². The minimum Gasteiger partial charge on any atom is -0.494 e. The third-order valence-electron chi connectivity index (χ3n) is 7.35. The molecule has 8 nitrogen and oxygen atoms in total. The number of hydrogen-bond donors (Lipinski definition) is 3. The molecule has 0 radical (unpaired) electrons. The minimum atomic E-state index is -0.959. The summed E-state index contributed by atoms with van der Waals surface area (Å²) in [6, 6.07) is 7.59. The van der Waals surface area contributed by atoms with Crippen molar-refractivity contribution in [3.63, 3.8) is 0 Å². The molecule has 4 N–H and O–H groups in total. The van der Waals surface area contributed by atoms with Crippen molar-refractivity contribution in [1.82, 2.24) is 5.32 Å². The number of carbonyl (C=O) groups excluding carboxylic acids is 2. The molecule has 1 fully saturated rings. The number of amides is 1. The number of aliphatic carboxylic acids is 1. The molecular formula is C28H42N2O6. The first kappa shape index (κ1) is 28.1. The first-order valence-corrected chi connectivity index (χ1v) is 13.3. The van der Waals surface area contributed by atoms with E-state index in [-0.39, 0.29) is 48.5 Å². The fraction of sp³-hybridized carbons (Fsp3) is 0.679. The Kier molecular flexibility index (Phi) is 10.7. The van der Waals surface area contributed by atoms with Crippen molar-refractivity contribution in [2.24, 2.45) is 29.4 Å². The average molecular weight is 503 g/mol. The Morgan fingerprint density at radius 2 is 1.83 bits per heavy atom. The van der Waals surface area contributed by atoms with Crippen molar-refractivity contribution >= 4 is 17.7 Å². The van der Waals surface area contributed by atoms with Gasteiger partial charge in [0.05, 0.1) is 25.2 Å². The molecule has 0 aromatic heterocycles. The Labute approximate surface area is 214 Å². The van der Waals surface area contributed by atoms with Crippen LogP contribution in [0.1, 0.15) is 64.4 Å². The molecule has 0 saturated heterocycles. The molecule has 1 aliphatic carbocycles. The Morgan fingerprint density at radius 1 is 1.14 bits per heavy atom. The standard InChI is InChI=1S/C28H42N2O6/c1-18(2)26-17-35-9-3-4-10-36-25-7-5-19(6-8-25)11-21(27(32)30-26)15-24(31)16-22(28(33)34)12-20-13-23(29)14-20/h5-8,18,20-23,26H,3-4,9-17,29H2,1-2H3,(H,30,32)(H,33,34)/t20?,21-,22+,23?,26+/m0/s1. The third-order valence-corrected chi connectivity index (χ3v) is 7.35. The van der Waals surface area contributed by atoms with Crippen molar-refractivity contribution in [3.05, 3.63) is 29.8 Å². The summed E-state index contributed by atoms with van der Waals surface area (Å²) < 4.78 is 11.6. The molecule has 1 aromatic rings. The number of benzene rings is 1. The van der Waals surface area contributed by atoms with Crippen LogP contribution in [0.15, 0.2) is 24.3 Å². The van der Waals surface area contributed by atoms with E-state index in [4.69, 9.17) is 15.2 Å². The number of ketones is 1. The summed E-state index contributed by atoms with van der Waals surface area (Å²) in [5.41, 5.74) is 6.77. The summed E-state index contributed by atoms with van der Waals surface area (Å²) in [7, 11) is 0. The highest BCUT2D eigenvalue weighted by Gasteiger charge is 2.33. The first-order chi connectivity index (χ1) is 17.2. The molecule has 36 heavy (non-hydrogen) atoms. The molecule has 1 aromatic carbocycles. The van der Waals surface area contributed by atoms with Gasteiger partial charge in [0.1, 0.15) is 11.5 Å². The van der Waals surface area contributed by atoms with Crippen LogP contribution in [0, 0.1) is 23.7 Å². The number of Topliss-reactive ketones (excluding diaryl/α,β-unsaturated/α-hetero) is 1. The first-order valence-electron chi connectivity index (χ1n) is 13.3.